The number of aromatic nitrogens is 1. The summed E-state index contributed by atoms with van der Waals surface area (Å²) >= 11 is 0. The van der Waals surface area contributed by atoms with Crippen LogP contribution in [0.25, 0.3) is 0 Å². The van der Waals surface area contributed by atoms with Crippen LogP contribution in [-0.4, -0.2) is 16.7 Å². The van der Waals surface area contributed by atoms with Crippen molar-refractivity contribution in [1.82, 2.24) is 10.3 Å². The molecule has 2 N–H and O–H groups in total. The van der Waals surface area contributed by atoms with E-state index in [0.717, 1.165) is 11.3 Å². The maximum Gasteiger partial charge on any atom is 0.254 e. The third-order valence-corrected chi connectivity index (χ3v) is 6.41. The monoisotopic (exact) mass is 453 g/mol. The first kappa shape index (κ1) is 21.8. The lowest BCUT2D eigenvalue weighted by atomic mass is 9.72. The zero-order valence-electron chi connectivity index (χ0n) is 18.7. The van der Waals surface area contributed by atoms with Crippen molar-refractivity contribution in [2.24, 2.45) is 0 Å². The number of halogens is 1. The second-order valence-electron chi connectivity index (χ2n) is 8.65. The average Bonchev–Trinajstić information content (AvgIpc) is 2.84. The fraction of sp³-hybridized carbons (Fsp3) is 0.179. The molecule has 2 aromatic carbocycles. The predicted octanol–water partition coefficient (Wildman–Crippen LogP) is 5.22. The number of amides is 1. The summed E-state index contributed by atoms with van der Waals surface area (Å²) in [6.07, 6.45) is 2.70. The number of allylic oxidation sites excluding steroid dienone is 3. The van der Waals surface area contributed by atoms with Crippen molar-refractivity contribution in [2.75, 3.05) is 5.32 Å². The minimum absolute atomic E-state index is 0.00168. The van der Waals surface area contributed by atoms with E-state index in [1.807, 2.05) is 49.4 Å². The molecule has 0 bridgehead atoms. The summed E-state index contributed by atoms with van der Waals surface area (Å²) in [5.74, 6) is -1.36. The van der Waals surface area contributed by atoms with E-state index in [2.05, 4.69) is 15.6 Å². The zero-order valence-corrected chi connectivity index (χ0v) is 18.7. The fourth-order valence-corrected chi connectivity index (χ4v) is 4.91. The predicted molar refractivity (Wildman–Crippen MR) is 128 cm³/mol. The van der Waals surface area contributed by atoms with E-state index in [0.29, 0.717) is 41.1 Å². The number of ketones is 1. The van der Waals surface area contributed by atoms with Crippen molar-refractivity contribution in [3.63, 3.8) is 0 Å². The molecule has 0 unspecified atom stereocenters. The Bertz CT molecular complexity index is 1320. The molecule has 2 atom stereocenters. The van der Waals surface area contributed by atoms with Gasteiger partial charge in [0.15, 0.2) is 5.78 Å². The number of dihydropyridines is 1. The molecule has 0 saturated carbocycles. The third kappa shape index (κ3) is 4.15. The largest absolute Gasteiger partial charge is 0.362 e. The molecule has 0 radical (unpaired) electrons. The Hall–Kier alpha value is -4.06. The maximum atomic E-state index is 13.7. The van der Waals surface area contributed by atoms with Gasteiger partial charge in [-0.25, -0.2) is 4.39 Å². The summed E-state index contributed by atoms with van der Waals surface area (Å²) < 4.78 is 13.7. The lowest BCUT2D eigenvalue weighted by Crippen LogP contribution is -2.37. The first-order valence-corrected chi connectivity index (χ1v) is 11.3. The van der Waals surface area contributed by atoms with Crippen molar-refractivity contribution in [2.45, 2.75) is 31.6 Å². The van der Waals surface area contributed by atoms with Gasteiger partial charge in [-0.2, -0.15) is 0 Å². The fourth-order valence-electron chi connectivity index (χ4n) is 4.91. The van der Waals surface area contributed by atoms with Gasteiger partial charge in [-0.15, -0.1) is 0 Å². The average molecular weight is 454 g/mol. The Labute approximate surface area is 197 Å². The maximum absolute atomic E-state index is 13.7. The Morgan fingerprint density at radius 1 is 1.03 bits per heavy atom. The number of carbonyl (C=O) groups is 2. The molecule has 34 heavy (non-hydrogen) atoms. The smallest absolute Gasteiger partial charge is 0.254 e. The topological polar surface area (TPSA) is 71.1 Å². The van der Waals surface area contributed by atoms with Gasteiger partial charge in [-0.3, -0.25) is 14.6 Å². The highest BCUT2D eigenvalue weighted by molar-refractivity contribution is 6.09. The summed E-state index contributed by atoms with van der Waals surface area (Å²) in [5.41, 5.74) is 4.59. The lowest BCUT2D eigenvalue weighted by molar-refractivity contribution is -0.116. The van der Waals surface area contributed by atoms with E-state index in [4.69, 9.17) is 0 Å². The van der Waals surface area contributed by atoms with Crippen LogP contribution in [-0.2, 0) is 9.59 Å². The molecule has 0 fully saturated rings. The van der Waals surface area contributed by atoms with E-state index in [1.54, 1.807) is 18.3 Å². The number of nitrogens with zero attached hydrogens (tertiary/aromatic N) is 1. The van der Waals surface area contributed by atoms with Gasteiger partial charge < -0.3 is 10.6 Å². The standard InChI is InChI=1S/C28H24FN3O2/c1-17-25(28(34)32-21-11-7-10-20(29)16-21)27(22-12-5-6-13-30-22)26-23(31-17)14-19(15-24(26)33)18-8-3-2-4-9-18/h2-13,16,19,27,31H,14-15H2,1H3,(H,32,34)/t19-,27+/m1/s1. The number of pyridine rings is 1. The van der Waals surface area contributed by atoms with Crippen LogP contribution in [0.2, 0.25) is 0 Å². The second kappa shape index (κ2) is 9.06. The first-order valence-electron chi connectivity index (χ1n) is 11.3. The van der Waals surface area contributed by atoms with Crippen molar-refractivity contribution in [1.29, 1.82) is 0 Å². The molecular formula is C28H24FN3O2. The molecule has 1 aliphatic carbocycles. The molecule has 5 rings (SSSR count). The van der Waals surface area contributed by atoms with Crippen LogP contribution in [0.4, 0.5) is 10.1 Å². The number of anilines is 1. The summed E-state index contributed by atoms with van der Waals surface area (Å²) in [6.45, 7) is 1.83. The Morgan fingerprint density at radius 2 is 1.82 bits per heavy atom. The van der Waals surface area contributed by atoms with E-state index in [9.17, 15) is 14.0 Å². The SMILES string of the molecule is CC1=C(C(=O)Nc2cccc(F)c2)[C@H](c2ccccn2)C2=C(C[C@@H](c3ccccc3)CC2=O)N1. The molecule has 5 nitrogen and oxygen atoms in total. The molecule has 2 aliphatic rings. The van der Waals surface area contributed by atoms with Gasteiger partial charge in [0.05, 0.1) is 11.6 Å². The number of carbonyl (C=O) groups excluding carboxylic acids is 2. The molecule has 1 aliphatic heterocycles. The van der Waals surface area contributed by atoms with Gasteiger partial charge in [0.25, 0.3) is 5.91 Å². The Kier molecular flexibility index (Phi) is 5.80. The molecule has 1 aromatic heterocycles. The van der Waals surface area contributed by atoms with Gasteiger partial charge in [0.1, 0.15) is 5.82 Å². The van der Waals surface area contributed by atoms with Crippen LogP contribution >= 0.6 is 0 Å². The van der Waals surface area contributed by atoms with Gasteiger partial charge in [-0.05, 0) is 55.2 Å². The lowest BCUT2D eigenvalue weighted by Gasteiger charge is -2.36. The normalized spacial score (nSPS) is 20.0. The minimum Gasteiger partial charge on any atom is -0.362 e. The minimum atomic E-state index is -0.602. The summed E-state index contributed by atoms with van der Waals surface area (Å²) in [5, 5.41) is 6.14. The quantitative estimate of drug-likeness (QED) is 0.568. The highest BCUT2D eigenvalue weighted by atomic mass is 19.1. The van der Waals surface area contributed by atoms with Gasteiger partial charge in [-0.1, -0.05) is 42.5 Å². The Balaban J connectivity index is 1.55. The third-order valence-electron chi connectivity index (χ3n) is 6.41. The van der Waals surface area contributed by atoms with Crippen molar-refractivity contribution < 1.29 is 14.0 Å². The number of hydrogen-bond acceptors (Lipinski definition) is 4. The molecule has 0 saturated heterocycles. The highest BCUT2D eigenvalue weighted by Crippen LogP contribution is 2.45. The molecule has 1 amide bonds. The van der Waals surface area contributed by atoms with Gasteiger partial charge in [0, 0.05) is 40.8 Å². The molecule has 0 spiro atoms. The number of hydrogen-bond donors (Lipinski definition) is 2. The number of nitrogens with one attached hydrogen (secondary N) is 2. The summed E-state index contributed by atoms with van der Waals surface area (Å²) in [6, 6.07) is 21.3. The van der Waals surface area contributed by atoms with Gasteiger partial charge in [0.2, 0.25) is 0 Å². The first-order chi connectivity index (χ1) is 16.5. The van der Waals surface area contributed by atoms with Crippen molar-refractivity contribution >= 4 is 17.4 Å². The Morgan fingerprint density at radius 3 is 2.56 bits per heavy atom. The van der Waals surface area contributed by atoms with Crippen LogP contribution in [0.1, 0.15) is 42.9 Å². The van der Waals surface area contributed by atoms with Crippen molar-refractivity contribution in [3.05, 3.63) is 119 Å². The summed E-state index contributed by atoms with van der Waals surface area (Å²) in [4.78, 5) is 31.5. The zero-order chi connectivity index (χ0) is 23.7. The molecular weight excluding hydrogens is 429 g/mol. The van der Waals surface area contributed by atoms with Crippen LogP contribution in [0.15, 0.2) is 102 Å². The molecule has 2 heterocycles. The van der Waals surface area contributed by atoms with E-state index >= 15 is 0 Å². The van der Waals surface area contributed by atoms with Crippen LogP contribution in [0.3, 0.4) is 0 Å². The number of benzene rings is 2. The summed E-state index contributed by atoms with van der Waals surface area (Å²) in [7, 11) is 0. The van der Waals surface area contributed by atoms with E-state index < -0.39 is 17.6 Å². The van der Waals surface area contributed by atoms with Crippen LogP contribution < -0.4 is 10.6 Å². The second-order valence-corrected chi connectivity index (χ2v) is 8.65. The van der Waals surface area contributed by atoms with Crippen LogP contribution in [0.5, 0.6) is 0 Å². The number of rotatable bonds is 4. The van der Waals surface area contributed by atoms with Gasteiger partial charge >= 0.3 is 0 Å². The van der Waals surface area contributed by atoms with Crippen molar-refractivity contribution in [3.8, 4) is 0 Å². The molecule has 6 heteroatoms. The molecule has 3 aromatic rings. The van der Waals surface area contributed by atoms with E-state index in [1.165, 1.54) is 18.2 Å². The molecule has 170 valence electrons. The van der Waals surface area contributed by atoms with Crippen LogP contribution in [0, 0.1) is 5.82 Å². The highest BCUT2D eigenvalue weighted by Gasteiger charge is 2.41. The van der Waals surface area contributed by atoms with E-state index in [-0.39, 0.29) is 11.7 Å². The number of Topliss-reactive ketones (excluding diaryl/α,β-unsaturated/α-hetero) is 1.